The van der Waals surface area contributed by atoms with Crippen molar-refractivity contribution in [3.8, 4) is 89.3 Å². The molecule has 0 amide bonds. The Hall–Kier alpha value is -13.9. The zero-order chi connectivity index (χ0) is 97.3. The standard InChI is InChI=1S/C24H16.C22H20N2.C18H12.C17H16N2.C15H14.C12H8.2C9H7N2.4Pt/c1-3-9-19(10-4-1)21-13-7-15-23(17-21)24-16-8-14-22(18-24)20-11-5-2-6-12-20;1-15-11-13-18(14-12-15)22-23-19-9-4-5-10-20(19)24(22)21-16(2)7-6-8-17(21)3;1-3-8-15(9-4-1)17-12-7-13-18(14-17)16-10-5-2-6-11-16;1-13-7-6-8-14(2)16(13)19-12-11-18-17(19)15-9-4-3-5-10-15;1-12(2)13-8-10-15(11-9-13)14-6-4-3-5-7-14;1-3-7-11(8-4-1)12-9-5-2-6-10-12;2*1-2-5-9(6-3-1)11-8-4-7-10-11;;;;/h1-14,17-18H;4-13,22H,1-3H3;1-10,12,14H;3-9,11-12,17H,1-2H3;3-6,8-10,12H,1-2H3;1-7,9H;2*1-5,7-8H;;;;/q6*-2;2*-1;;;2*+4/i;;;1D3,2D3;;;;;;;;. The first-order chi connectivity index (χ1) is 68.3. The molecule has 138 heavy (non-hydrogen) atoms. The Morgan fingerprint density at radius 3 is 1.11 bits per heavy atom. The Bertz CT molecular complexity index is 6880. The number of aryl methyl sites for hydroxylation is 5. The minimum Gasteiger partial charge on any atom is -0.668 e. The minimum absolute atomic E-state index is 0. The number of fused-ring (bicyclic) bond motifs is 1. The van der Waals surface area contributed by atoms with E-state index >= 15 is 0 Å². The van der Waals surface area contributed by atoms with Crippen LogP contribution in [0.1, 0.15) is 84.8 Å². The van der Waals surface area contributed by atoms with E-state index in [0.29, 0.717) is 5.92 Å². The number of benzene rings is 18. The number of anilines is 3. The largest absolute Gasteiger partial charge is 4.00 e. The summed E-state index contributed by atoms with van der Waals surface area (Å²) in [7, 11) is 0. The van der Waals surface area contributed by atoms with Gasteiger partial charge in [-0.25, -0.2) is 44.5 Å². The van der Waals surface area contributed by atoms with E-state index < -0.39 is 19.9 Å². The van der Waals surface area contributed by atoms with Crippen molar-refractivity contribution in [3.63, 3.8) is 0 Å². The molecular weight excluding hydrogens is 2410 g/mol. The maximum Gasteiger partial charge on any atom is 4.00 e. The normalized spacial score (nSPS) is 12.7. The van der Waals surface area contributed by atoms with E-state index in [0.717, 1.165) is 78.4 Å². The summed E-state index contributed by atoms with van der Waals surface area (Å²) in [4.78, 5) is 3.94. The Morgan fingerprint density at radius 2 is 0.717 bits per heavy atom. The minimum atomic E-state index is -2.45. The first kappa shape index (κ1) is 95.8. The maximum atomic E-state index is 7.81. The van der Waals surface area contributed by atoms with E-state index in [1.165, 1.54) is 79.5 Å². The van der Waals surface area contributed by atoms with Crippen molar-refractivity contribution in [3.05, 3.63) is 590 Å². The van der Waals surface area contributed by atoms with Crippen LogP contribution in [0.2, 0.25) is 0 Å². The molecule has 18 aromatic carbocycles. The topological polar surface area (TPSA) is 70.3 Å². The van der Waals surface area contributed by atoms with Gasteiger partial charge in [-0.15, -0.1) is 82.5 Å². The molecule has 2 aliphatic heterocycles. The van der Waals surface area contributed by atoms with Gasteiger partial charge in [-0.3, -0.25) is 9.36 Å². The number of aromatic nitrogens is 4. The molecule has 4 heterocycles. The summed E-state index contributed by atoms with van der Waals surface area (Å²) in [6, 6.07) is 179. The van der Waals surface area contributed by atoms with Crippen LogP contribution in [-0.2, 0) is 84.3 Å². The molecule has 0 fully saturated rings. The molecule has 20 aromatic rings. The maximum absolute atomic E-state index is 7.81. The number of rotatable bonds is 14. The molecule has 2 aliphatic rings. The van der Waals surface area contributed by atoms with Crippen LogP contribution in [0.25, 0.3) is 99.9 Å². The molecule has 12 heteroatoms. The van der Waals surface area contributed by atoms with E-state index in [4.69, 9.17) is 13.5 Å². The van der Waals surface area contributed by atoms with E-state index in [9.17, 15) is 0 Å². The fourth-order valence-electron chi connectivity index (χ4n) is 15.0. The van der Waals surface area contributed by atoms with E-state index in [1.807, 2.05) is 225 Å². The van der Waals surface area contributed by atoms with Crippen LogP contribution in [-0.4, -0.2) is 19.6 Å². The summed E-state index contributed by atoms with van der Waals surface area (Å²) in [6.45, 7) is 5.91. The third-order valence-corrected chi connectivity index (χ3v) is 21.7. The summed E-state index contributed by atoms with van der Waals surface area (Å²) in [5, 5.41) is 17.5. The Kier molecular flexibility index (Phi) is 38.0. The Balaban J connectivity index is 0.000000159. The van der Waals surface area contributed by atoms with Gasteiger partial charge in [-0.05, 0) is 115 Å². The van der Waals surface area contributed by atoms with Gasteiger partial charge in [0, 0.05) is 92.2 Å². The van der Waals surface area contributed by atoms with Gasteiger partial charge < -0.3 is 20.4 Å². The van der Waals surface area contributed by atoms with Gasteiger partial charge in [0.1, 0.15) is 0 Å². The van der Waals surface area contributed by atoms with Gasteiger partial charge in [-0.2, -0.15) is 312 Å². The Labute approximate surface area is 882 Å². The predicted octanol–water partition coefficient (Wildman–Crippen LogP) is 32.0. The van der Waals surface area contributed by atoms with Crippen LogP contribution >= 0.6 is 0 Å². The number of nitrogens with zero attached hydrogens (tertiary/aromatic N) is 8. The summed E-state index contributed by atoms with van der Waals surface area (Å²) in [5.41, 5.74) is 28.4. The average Bonchev–Trinajstić information content (AvgIpc) is 1.59. The first-order valence-electron chi connectivity index (χ1n) is 47.3. The molecule has 2 unspecified atom stereocenters. The van der Waals surface area contributed by atoms with Gasteiger partial charge in [-0.1, -0.05) is 172 Å². The molecule has 0 N–H and O–H groups in total. The molecule has 0 aliphatic carbocycles. The summed E-state index contributed by atoms with van der Waals surface area (Å²) in [5.74, 6) is 0.565. The monoisotopic (exact) mass is 2510 g/mol. The average molecular weight is 2510 g/mol. The van der Waals surface area contributed by atoms with Crippen LogP contribution < -0.4 is 9.80 Å². The van der Waals surface area contributed by atoms with Gasteiger partial charge in [0.2, 0.25) is 0 Å². The molecule has 0 spiro atoms. The van der Waals surface area contributed by atoms with Gasteiger partial charge in [0.15, 0.2) is 0 Å². The quantitative estimate of drug-likeness (QED) is 0.102. The molecule has 2 atom stereocenters. The molecule has 8 nitrogen and oxygen atoms in total. The van der Waals surface area contributed by atoms with Crippen molar-refractivity contribution >= 4 is 22.7 Å². The van der Waals surface area contributed by atoms with E-state index in [2.05, 4.69) is 316 Å². The SMILES string of the molecule is CC(C)c1c[c-]c(-c2[c-]cccc2)cc1.Cc1c[c-]c(C2[N-]c3ccccc3N2c2c(C)cccc2C)cc1.[2H]C([2H])([2H])c1cccc(C([2H])([2H])[2H])c1N1C=C[N-]C1c1[c-]cccc1.[Pt+4].[Pt+4].[Pt].[Pt].[c-]1ccc(-c2ccccc2)cc1-c1[c-]ccc(-c2ccccc2)c1.[c-]1ccccc1-c1[c-]ccc(-c2ccccc2)c1.[c-]1ccccc1-c1[c-]cccc1.[c-]1ccccc1-n1cccn1.[c-]1ccccc1-n1cccn1. The first-order valence-corrected chi connectivity index (χ1v) is 44.3. The van der Waals surface area contributed by atoms with Gasteiger partial charge in [0.25, 0.3) is 0 Å². The van der Waals surface area contributed by atoms with Crippen LogP contribution in [0.4, 0.5) is 22.7 Å². The predicted molar refractivity (Wildman–Crippen MR) is 553 cm³/mol. The third kappa shape index (κ3) is 29.3. The molecular formula is C126H100N8Pt4-6. The molecule has 22 rings (SSSR count). The molecule has 0 saturated carbocycles. The van der Waals surface area contributed by atoms with Crippen molar-refractivity contribution in [2.45, 2.75) is 66.6 Å². The van der Waals surface area contributed by atoms with Gasteiger partial charge in [0.05, 0.1) is 0 Å². The number of hydrogen-bond donors (Lipinski definition) is 0. The second-order valence-electron chi connectivity index (χ2n) is 31.4. The summed E-state index contributed by atoms with van der Waals surface area (Å²) < 4.78 is 50.4. The summed E-state index contributed by atoms with van der Waals surface area (Å²) >= 11 is 0. The molecule has 0 radical (unpaired) electrons. The van der Waals surface area contributed by atoms with Crippen molar-refractivity contribution < 1.29 is 92.5 Å². The van der Waals surface area contributed by atoms with E-state index in [1.54, 1.807) is 45.1 Å². The molecule has 2 aromatic heterocycles. The van der Waals surface area contributed by atoms with Crippen LogP contribution in [0.3, 0.4) is 0 Å². The fraction of sp³-hybridized carbons (Fsp3) is 0.0794. The third-order valence-electron chi connectivity index (χ3n) is 21.7. The zero-order valence-corrected chi connectivity index (χ0v) is 85.5. The zero-order valence-electron chi connectivity index (χ0n) is 82.5. The van der Waals surface area contributed by atoms with Crippen molar-refractivity contribution in [1.82, 2.24) is 19.6 Å². The van der Waals surface area contributed by atoms with Crippen LogP contribution in [0.15, 0.2) is 462 Å². The number of para-hydroxylation sites is 6. The Morgan fingerprint density at radius 1 is 0.319 bits per heavy atom. The molecule has 690 valence electrons. The molecule has 0 bridgehead atoms. The van der Waals surface area contributed by atoms with Crippen molar-refractivity contribution in [2.24, 2.45) is 0 Å². The smallest absolute Gasteiger partial charge is 0.668 e. The van der Waals surface area contributed by atoms with Crippen LogP contribution in [0.5, 0.6) is 0 Å². The van der Waals surface area contributed by atoms with Crippen molar-refractivity contribution in [1.29, 1.82) is 0 Å². The van der Waals surface area contributed by atoms with Crippen LogP contribution in [0, 0.1) is 107 Å². The van der Waals surface area contributed by atoms with E-state index in [-0.39, 0.29) is 107 Å². The van der Waals surface area contributed by atoms with Crippen molar-refractivity contribution in [2.75, 3.05) is 9.80 Å². The second-order valence-corrected chi connectivity index (χ2v) is 31.4. The second kappa shape index (κ2) is 54.7. The molecule has 0 saturated heterocycles. The fourth-order valence-corrected chi connectivity index (χ4v) is 15.0. The number of hydrogen-bond acceptors (Lipinski definition) is 4. The summed E-state index contributed by atoms with van der Waals surface area (Å²) in [6.07, 6.45) is 9.82. The van der Waals surface area contributed by atoms with Gasteiger partial charge >= 0.3 is 42.1 Å².